The number of carbonyl (C=O) groups is 2. The average Bonchev–Trinajstić information content (AvgIpc) is 2.56. The van der Waals surface area contributed by atoms with Crippen LogP contribution in [-0.2, 0) is 9.59 Å². The SMILES string of the molecule is C=CC(=O)Sc1ccc(-c2ccc(SC(=O)C=C)cc2)cc1. The van der Waals surface area contributed by atoms with Gasteiger partial charge in [0.1, 0.15) is 0 Å². The highest BCUT2D eigenvalue weighted by atomic mass is 32.2. The molecule has 0 saturated carbocycles. The van der Waals surface area contributed by atoms with Crippen molar-refractivity contribution in [1.29, 1.82) is 0 Å². The van der Waals surface area contributed by atoms with Crippen LogP contribution >= 0.6 is 23.5 Å². The molecule has 110 valence electrons. The van der Waals surface area contributed by atoms with Crippen LogP contribution in [0.4, 0.5) is 0 Å². The Labute approximate surface area is 138 Å². The fourth-order valence-electron chi connectivity index (χ4n) is 1.75. The molecule has 2 rings (SSSR count). The maximum atomic E-state index is 11.3. The number of hydrogen-bond donors (Lipinski definition) is 0. The summed E-state index contributed by atoms with van der Waals surface area (Å²) >= 11 is 2.30. The molecule has 0 aliphatic heterocycles. The van der Waals surface area contributed by atoms with Gasteiger partial charge in [0, 0.05) is 9.79 Å². The van der Waals surface area contributed by atoms with Crippen molar-refractivity contribution in [3.63, 3.8) is 0 Å². The van der Waals surface area contributed by atoms with E-state index in [1.54, 1.807) is 0 Å². The number of hydrogen-bond acceptors (Lipinski definition) is 4. The molecular formula is C18H14O2S2. The zero-order valence-corrected chi connectivity index (χ0v) is 13.5. The molecule has 0 heterocycles. The molecule has 0 fully saturated rings. The predicted octanol–water partition coefficient (Wildman–Crippen LogP) is 4.96. The minimum Gasteiger partial charge on any atom is -0.282 e. The summed E-state index contributed by atoms with van der Waals surface area (Å²) in [6, 6.07) is 15.5. The van der Waals surface area contributed by atoms with E-state index in [0.717, 1.165) is 44.4 Å². The van der Waals surface area contributed by atoms with Crippen molar-refractivity contribution in [2.24, 2.45) is 0 Å². The molecule has 0 radical (unpaired) electrons. The molecule has 2 aromatic carbocycles. The lowest BCUT2D eigenvalue weighted by Crippen LogP contribution is -1.85. The van der Waals surface area contributed by atoms with Gasteiger partial charge in [0.25, 0.3) is 0 Å². The molecule has 0 saturated heterocycles. The molecule has 2 nitrogen and oxygen atoms in total. The first-order valence-electron chi connectivity index (χ1n) is 6.51. The summed E-state index contributed by atoms with van der Waals surface area (Å²) in [4.78, 5) is 24.4. The average molecular weight is 326 g/mol. The summed E-state index contributed by atoms with van der Waals surface area (Å²) in [5, 5.41) is -0.137. The lowest BCUT2D eigenvalue weighted by atomic mass is 10.1. The summed E-state index contributed by atoms with van der Waals surface area (Å²) in [5.74, 6) is 0. The topological polar surface area (TPSA) is 34.1 Å². The van der Waals surface area contributed by atoms with Gasteiger partial charge in [-0.25, -0.2) is 0 Å². The fourth-order valence-corrected chi connectivity index (χ4v) is 2.92. The smallest absolute Gasteiger partial charge is 0.216 e. The number of carbonyl (C=O) groups excluding carboxylic acids is 2. The van der Waals surface area contributed by atoms with Crippen LogP contribution in [0.3, 0.4) is 0 Å². The molecule has 4 heteroatoms. The van der Waals surface area contributed by atoms with Crippen LogP contribution in [0.25, 0.3) is 11.1 Å². The maximum absolute atomic E-state index is 11.3. The summed E-state index contributed by atoms with van der Waals surface area (Å²) in [7, 11) is 0. The molecular weight excluding hydrogens is 312 g/mol. The highest BCUT2D eigenvalue weighted by Gasteiger charge is 2.04. The second-order valence-corrected chi connectivity index (χ2v) is 6.45. The zero-order valence-electron chi connectivity index (χ0n) is 11.8. The Morgan fingerprint density at radius 3 is 1.27 bits per heavy atom. The predicted molar refractivity (Wildman–Crippen MR) is 94.0 cm³/mol. The minimum atomic E-state index is -0.0685. The molecule has 0 atom stereocenters. The summed E-state index contributed by atoms with van der Waals surface area (Å²) in [5.41, 5.74) is 2.11. The third-order valence-electron chi connectivity index (χ3n) is 2.81. The Bertz CT molecular complexity index is 637. The van der Waals surface area contributed by atoms with Crippen molar-refractivity contribution < 1.29 is 9.59 Å². The first-order valence-corrected chi connectivity index (χ1v) is 8.14. The zero-order chi connectivity index (χ0) is 15.9. The monoisotopic (exact) mass is 326 g/mol. The Morgan fingerprint density at radius 1 is 0.682 bits per heavy atom. The van der Waals surface area contributed by atoms with Gasteiger partial charge in [0.15, 0.2) is 0 Å². The lowest BCUT2D eigenvalue weighted by Gasteiger charge is -2.04. The van der Waals surface area contributed by atoms with Crippen LogP contribution < -0.4 is 0 Å². The van der Waals surface area contributed by atoms with Gasteiger partial charge in [0.05, 0.1) is 0 Å². The summed E-state index contributed by atoms with van der Waals surface area (Å²) in [6.45, 7) is 6.91. The van der Waals surface area contributed by atoms with Crippen molar-refractivity contribution in [1.82, 2.24) is 0 Å². The van der Waals surface area contributed by atoms with Crippen molar-refractivity contribution in [3.05, 3.63) is 73.8 Å². The van der Waals surface area contributed by atoms with Crippen LogP contribution in [0.15, 0.2) is 83.6 Å². The van der Waals surface area contributed by atoms with E-state index >= 15 is 0 Å². The van der Waals surface area contributed by atoms with Gasteiger partial charge >= 0.3 is 0 Å². The van der Waals surface area contributed by atoms with Gasteiger partial charge in [-0.3, -0.25) is 9.59 Å². The van der Waals surface area contributed by atoms with Crippen LogP contribution in [-0.4, -0.2) is 10.2 Å². The molecule has 22 heavy (non-hydrogen) atoms. The van der Waals surface area contributed by atoms with Crippen molar-refractivity contribution in [2.75, 3.05) is 0 Å². The van der Waals surface area contributed by atoms with Gasteiger partial charge in [-0.15, -0.1) is 0 Å². The van der Waals surface area contributed by atoms with E-state index in [9.17, 15) is 9.59 Å². The molecule has 0 aliphatic carbocycles. The second-order valence-electron chi connectivity index (χ2n) is 4.30. The number of thioether (sulfide) groups is 2. The van der Waals surface area contributed by atoms with Gasteiger partial charge in [-0.1, -0.05) is 37.4 Å². The fraction of sp³-hybridized carbons (Fsp3) is 0. The van der Waals surface area contributed by atoms with Gasteiger partial charge < -0.3 is 0 Å². The first kappa shape index (κ1) is 16.3. The van der Waals surface area contributed by atoms with Gasteiger partial charge in [0.2, 0.25) is 10.2 Å². The molecule has 2 aromatic rings. The van der Waals surface area contributed by atoms with Crippen molar-refractivity contribution in [2.45, 2.75) is 9.79 Å². The third kappa shape index (κ3) is 4.48. The van der Waals surface area contributed by atoms with Crippen LogP contribution in [0.2, 0.25) is 0 Å². The summed E-state index contributed by atoms with van der Waals surface area (Å²) in [6.07, 6.45) is 2.61. The highest BCUT2D eigenvalue weighted by molar-refractivity contribution is 8.14. The molecule has 0 bridgehead atoms. The van der Waals surface area contributed by atoms with E-state index in [1.807, 2.05) is 48.5 Å². The third-order valence-corrected chi connectivity index (χ3v) is 4.56. The minimum absolute atomic E-state index is 0.0685. The largest absolute Gasteiger partial charge is 0.282 e. The normalized spacial score (nSPS) is 10.0. The molecule has 0 aliphatic rings. The Morgan fingerprint density at radius 2 is 1.00 bits per heavy atom. The quantitative estimate of drug-likeness (QED) is 0.574. The highest BCUT2D eigenvalue weighted by Crippen LogP contribution is 2.27. The van der Waals surface area contributed by atoms with Gasteiger partial charge in [-0.2, -0.15) is 0 Å². The van der Waals surface area contributed by atoms with E-state index in [2.05, 4.69) is 13.2 Å². The van der Waals surface area contributed by atoms with Crippen LogP contribution in [0.1, 0.15) is 0 Å². The van der Waals surface area contributed by atoms with Gasteiger partial charge in [-0.05, 0) is 71.1 Å². The standard InChI is InChI=1S/C18H14O2S2/c1-3-17(19)21-15-9-5-13(6-10-15)14-7-11-16(12-8-14)22-18(20)4-2/h3-12H,1-2H2. The maximum Gasteiger partial charge on any atom is 0.216 e. The molecule has 0 unspecified atom stereocenters. The molecule has 0 amide bonds. The lowest BCUT2D eigenvalue weighted by molar-refractivity contribution is -0.107. The van der Waals surface area contributed by atoms with Crippen molar-refractivity contribution >= 4 is 33.8 Å². The van der Waals surface area contributed by atoms with Crippen molar-refractivity contribution in [3.8, 4) is 11.1 Å². The number of rotatable bonds is 5. The Balaban J connectivity index is 2.11. The van der Waals surface area contributed by atoms with E-state index in [4.69, 9.17) is 0 Å². The second kappa shape index (κ2) is 7.82. The Hall–Kier alpha value is -2.04. The molecule has 0 N–H and O–H groups in total. The number of benzene rings is 2. The van der Waals surface area contributed by atoms with Crippen LogP contribution in [0.5, 0.6) is 0 Å². The van der Waals surface area contributed by atoms with E-state index in [0.29, 0.717) is 0 Å². The molecule has 0 aromatic heterocycles. The molecule has 0 spiro atoms. The van der Waals surface area contributed by atoms with E-state index in [1.165, 1.54) is 12.2 Å². The first-order chi connectivity index (χ1) is 10.6. The van der Waals surface area contributed by atoms with E-state index < -0.39 is 0 Å². The summed E-state index contributed by atoms with van der Waals surface area (Å²) < 4.78 is 0. The van der Waals surface area contributed by atoms with E-state index in [-0.39, 0.29) is 10.2 Å². The Kier molecular flexibility index (Phi) is 5.81. The van der Waals surface area contributed by atoms with Crippen LogP contribution in [0, 0.1) is 0 Å².